The zero-order chi connectivity index (χ0) is 18.8. The number of amides is 2. The van der Waals surface area contributed by atoms with Crippen molar-refractivity contribution in [1.82, 2.24) is 0 Å². The molecule has 0 spiro atoms. The summed E-state index contributed by atoms with van der Waals surface area (Å²) >= 11 is 5.50. The minimum atomic E-state index is -1.22. The summed E-state index contributed by atoms with van der Waals surface area (Å²) in [6, 6.07) is 0. The van der Waals surface area contributed by atoms with E-state index in [-0.39, 0.29) is 20.7 Å². The molecule has 0 saturated carbocycles. The van der Waals surface area contributed by atoms with Crippen LogP contribution in [-0.4, -0.2) is 43.0 Å². The quantitative estimate of drug-likeness (QED) is 0.290. The maximum Gasteiger partial charge on any atom is 0.396 e. The zero-order valence-corrected chi connectivity index (χ0v) is 19.0. The molecule has 0 unspecified atom stereocenters. The molecule has 1 rings (SSSR count). The first-order valence-electron chi connectivity index (χ1n) is 6.11. The largest absolute Gasteiger partial charge is 0.478 e. The third kappa shape index (κ3) is 4.27. The first-order valence-corrected chi connectivity index (χ1v) is 9.35. The maximum atomic E-state index is 11.8. The number of hydrogen-bond acceptors (Lipinski definition) is 5. The Balaban J connectivity index is 3.70. The van der Waals surface area contributed by atoms with Crippen LogP contribution in [0.1, 0.15) is 17.3 Å². The molecule has 0 bridgehead atoms. The fourth-order valence-corrected chi connectivity index (χ4v) is 6.28. The maximum absolute atomic E-state index is 11.8. The smallest absolute Gasteiger partial charge is 0.396 e. The number of nitrogens with one attached hydrogen (secondary N) is 1. The van der Waals surface area contributed by atoms with Crippen molar-refractivity contribution in [3.05, 3.63) is 16.3 Å². The van der Waals surface area contributed by atoms with E-state index in [1.807, 2.05) is 45.2 Å². The van der Waals surface area contributed by atoms with E-state index in [0.717, 1.165) is 7.11 Å². The van der Waals surface area contributed by atoms with E-state index in [1.165, 1.54) is 18.9 Å². The number of carbonyl (C=O) groups is 4. The molecule has 2 amide bonds. The van der Waals surface area contributed by atoms with E-state index in [4.69, 9.17) is 0 Å². The van der Waals surface area contributed by atoms with Gasteiger partial charge in [-0.25, -0.2) is 9.59 Å². The number of ether oxygens (including phenoxy) is 1. The second-order valence-corrected chi connectivity index (χ2v) is 7.61. The highest BCUT2D eigenvalue weighted by Crippen LogP contribution is 2.40. The molecule has 0 radical (unpaired) electrons. The van der Waals surface area contributed by atoms with E-state index in [1.54, 1.807) is 22.6 Å². The van der Waals surface area contributed by atoms with Crippen molar-refractivity contribution in [2.24, 2.45) is 0 Å². The number of carbonyl (C=O) groups excluding carboxylic acids is 3. The Labute approximate surface area is 178 Å². The summed E-state index contributed by atoms with van der Waals surface area (Å²) in [4.78, 5) is 47.7. The van der Waals surface area contributed by atoms with Crippen molar-refractivity contribution in [2.75, 3.05) is 24.4 Å². The number of esters is 1. The van der Waals surface area contributed by atoms with Crippen molar-refractivity contribution in [3.63, 3.8) is 0 Å². The lowest BCUT2D eigenvalue weighted by Crippen LogP contribution is -2.29. The fraction of sp³-hybridized carbons (Fsp3) is 0.231. The van der Waals surface area contributed by atoms with Crippen LogP contribution in [0.4, 0.5) is 11.4 Å². The van der Waals surface area contributed by atoms with Gasteiger partial charge in [-0.2, -0.15) is 0 Å². The number of halogens is 3. The average molecular weight is 672 g/mol. The Kier molecular flexibility index (Phi) is 7.64. The van der Waals surface area contributed by atoms with Gasteiger partial charge in [-0.1, -0.05) is 0 Å². The normalized spacial score (nSPS) is 10.1. The van der Waals surface area contributed by atoms with Crippen LogP contribution in [0.3, 0.4) is 0 Å². The molecule has 24 heavy (non-hydrogen) atoms. The van der Waals surface area contributed by atoms with Gasteiger partial charge in [0.1, 0.15) is 0 Å². The summed E-state index contributed by atoms with van der Waals surface area (Å²) in [6.07, 6.45) is 0. The van der Waals surface area contributed by atoms with E-state index >= 15 is 0 Å². The Morgan fingerprint density at radius 1 is 1.08 bits per heavy atom. The van der Waals surface area contributed by atoms with Gasteiger partial charge < -0.3 is 20.1 Å². The van der Waals surface area contributed by atoms with Crippen LogP contribution in [0.5, 0.6) is 0 Å². The lowest BCUT2D eigenvalue weighted by Gasteiger charge is -2.23. The van der Waals surface area contributed by atoms with Crippen LogP contribution in [-0.2, 0) is 19.1 Å². The summed E-state index contributed by atoms with van der Waals surface area (Å²) in [5.41, 5.74) is 0.397. The Hall–Kier alpha value is -0.710. The Morgan fingerprint density at radius 3 is 2.04 bits per heavy atom. The van der Waals surface area contributed by atoms with Crippen LogP contribution in [0.25, 0.3) is 0 Å². The van der Waals surface area contributed by atoms with Crippen molar-refractivity contribution in [1.29, 1.82) is 0 Å². The predicted molar refractivity (Wildman–Crippen MR) is 111 cm³/mol. The van der Waals surface area contributed by atoms with Gasteiger partial charge in [0.2, 0.25) is 5.91 Å². The van der Waals surface area contributed by atoms with Crippen LogP contribution in [0, 0.1) is 10.7 Å². The van der Waals surface area contributed by atoms with Crippen LogP contribution in [0.2, 0.25) is 0 Å². The molecule has 0 aliphatic rings. The standard InChI is InChI=1S/C13H11I3N2O6/c1-4(19)18(2)10-7(15)5(12(21)22)6(14)9(8(10)16)17-11(20)13(23)24-3/h1-3H3,(H,17,20)(H,21,22). The van der Waals surface area contributed by atoms with Crippen molar-refractivity contribution in [3.8, 4) is 0 Å². The van der Waals surface area contributed by atoms with Gasteiger partial charge in [-0.05, 0) is 67.8 Å². The molecule has 0 aliphatic carbocycles. The summed E-state index contributed by atoms with van der Waals surface area (Å²) in [5.74, 6) is -3.68. The number of carboxylic acids is 1. The lowest BCUT2D eigenvalue weighted by atomic mass is 10.1. The number of rotatable bonds is 3. The van der Waals surface area contributed by atoms with Crippen molar-refractivity contribution < 1.29 is 29.0 Å². The second-order valence-electron chi connectivity index (χ2n) is 4.37. The minimum Gasteiger partial charge on any atom is -0.478 e. The Morgan fingerprint density at radius 2 is 1.62 bits per heavy atom. The molecule has 0 aliphatic heterocycles. The molecule has 1 aromatic rings. The summed E-state index contributed by atoms with van der Waals surface area (Å²) in [5, 5.41) is 11.8. The minimum absolute atomic E-state index is 0.0696. The number of anilines is 2. The van der Waals surface area contributed by atoms with Gasteiger partial charge >= 0.3 is 17.8 Å². The first kappa shape index (κ1) is 21.3. The fourth-order valence-electron chi connectivity index (χ4n) is 1.66. The van der Waals surface area contributed by atoms with Gasteiger partial charge in [0.25, 0.3) is 0 Å². The van der Waals surface area contributed by atoms with E-state index in [9.17, 15) is 24.3 Å². The van der Waals surface area contributed by atoms with Crippen molar-refractivity contribution in [2.45, 2.75) is 6.92 Å². The summed E-state index contributed by atoms with van der Waals surface area (Å²) in [7, 11) is 2.55. The molecule has 11 heteroatoms. The van der Waals surface area contributed by atoms with E-state index in [0.29, 0.717) is 12.8 Å². The van der Waals surface area contributed by atoms with Crippen LogP contribution in [0.15, 0.2) is 0 Å². The molecule has 130 valence electrons. The van der Waals surface area contributed by atoms with Crippen LogP contribution < -0.4 is 10.2 Å². The second kappa shape index (κ2) is 8.59. The monoisotopic (exact) mass is 672 g/mol. The third-order valence-corrected chi connectivity index (χ3v) is 6.10. The van der Waals surface area contributed by atoms with E-state index < -0.39 is 17.8 Å². The van der Waals surface area contributed by atoms with Gasteiger partial charge in [0.15, 0.2) is 0 Å². The van der Waals surface area contributed by atoms with Gasteiger partial charge in [0, 0.05) is 14.0 Å². The van der Waals surface area contributed by atoms with E-state index in [2.05, 4.69) is 10.1 Å². The number of methoxy groups -OCH3 is 1. The topological polar surface area (TPSA) is 113 Å². The van der Waals surface area contributed by atoms with Crippen LogP contribution >= 0.6 is 67.8 Å². The highest BCUT2D eigenvalue weighted by Gasteiger charge is 2.29. The number of benzene rings is 1. The summed E-state index contributed by atoms with van der Waals surface area (Å²) in [6.45, 7) is 1.33. The molecule has 0 heterocycles. The molecule has 0 atom stereocenters. The molecule has 0 aromatic heterocycles. The number of aromatic carboxylic acids is 1. The molecule has 2 N–H and O–H groups in total. The van der Waals surface area contributed by atoms with Gasteiger partial charge in [0.05, 0.1) is 34.8 Å². The molecule has 8 nitrogen and oxygen atoms in total. The highest BCUT2D eigenvalue weighted by molar-refractivity contribution is 14.1. The predicted octanol–water partition coefficient (Wildman–Crippen LogP) is 2.29. The number of carboxylic acid groups (broad SMARTS) is 1. The summed E-state index contributed by atoms with van der Waals surface area (Å²) < 4.78 is 5.37. The number of nitrogens with zero attached hydrogens (tertiary/aromatic N) is 1. The Bertz CT molecular complexity index is 750. The molecular weight excluding hydrogens is 661 g/mol. The SMILES string of the molecule is COC(=O)C(=O)Nc1c(I)c(C(=O)O)c(I)c(N(C)C(C)=O)c1I. The molecule has 0 saturated heterocycles. The number of hydrogen-bond donors (Lipinski definition) is 2. The molecule has 1 aromatic carbocycles. The average Bonchev–Trinajstić information content (AvgIpc) is 2.49. The first-order chi connectivity index (χ1) is 11.0. The highest BCUT2D eigenvalue weighted by atomic mass is 127. The zero-order valence-electron chi connectivity index (χ0n) is 12.6. The van der Waals surface area contributed by atoms with Gasteiger partial charge in [-0.15, -0.1) is 0 Å². The lowest BCUT2D eigenvalue weighted by molar-refractivity contribution is -0.150. The van der Waals surface area contributed by atoms with Crippen molar-refractivity contribution >= 4 is 103 Å². The molecule has 0 fully saturated rings. The van der Waals surface area contributed by atoms with Gasteiger partial charge in [-0.3, -0.25) is 9.59 Å². The third-order valence-electron chi connectivity index (χ3n) is 2.92. The molecular formula is C13H11I3N2O6.